The first-order valence-corrected chi connectivity index (χ1v) is 47.2. The van der Waals surface area contributed by atoms with E-state index in [0.29, 0.717) is 11.8 Å². The van der Waals surface area contributed by atoms with E-state index in [9.17, 15) is 0 Å². The predicted octanol–water partition coefficient (Wildman–Crippen LogP) is 35.8. The van der Waals surface area contributed by atoms with Crippen LogP contribution in [0.4, 0.5) is 0 Å². The van der Waals surface area contributed by atoms with E-state index in [0.717, 1.165) is 111 Å². The molecule has 10 aromatic carbocycles. The van der Waals surface area contributed by atoms with Gasteiger partial charge in [0.1, 0.15) is 74.1 Å². The highest BCUT2D eigenvalue weighted by atomic mass is 32.1. The summed E-state index contributed by atoms with van der Waals surface area (Å²) < 4.78 is 23.8. The van der Waals surface area contributed by atoms with Crippen LogP contribution < -0.4 is 0 Å². The summed E-state index contributed by atoms with van der Waals surface area (Å²) in [5, 5.41) is 27.8. The Labute approximate surface area is 787 Å². The molecule has 0 atom stereocenters. The molecule has 18 aromatic rings. The van der Waals surface area contributed by atoms with Gasteiger partial charge in [0.15, 0.2) is 22.9 Å². The Hall–Kier alpha value is -12.0. The summed E-state index contributed by atoms with van der Waals surface area (Å²) in [6, 6.07) is 67.9. The topological polar surface area (TPSA) is 243 Å². The molecular formula is C108H175N17O3S. The zero-order valence-corrected chi connectivity index (χ0v) is 86.4. The van der Waals surface area contributed by atoms with Crippen molar-refractivity contribution in [2.24, 2.45) is 0 Å². The summed E-state index contributed by atoms with van der Waals surface area (Å²) in [4.78, 5) is 31.5. The number of aromatic nitrogens is 17. The summed E-state index contributed by atoms with van der Waals surface area (Å²) in [6.45, 7) is 83.7. The van der Waals surface area contributed by atoms with Crippen LogP contribution in [0.25, 0.3) is 111 Å². The van der Waals surface area contributed by atoms with Crippen molar-refractivity contribution in [3.8, 4) is 11.4 Å². The Balaban J connectivity index is -0.000000152. The van der Waals surface area contributed by atoms with Crippen molar-refractivity contribution in [2.75, 3.05) is 0 Å². The van der Waals surface area contributed by atoms with Crippen LogP contribution in [0.1, 0.15) is 306 Å². The van der Waals surface area contributed by atoms with Crippen molar-refractivity contribution in [3.05, 3.63) is 259 Å². The van der Waals surface area contributed by atoms with E-state index in [2.05, 4.69) is 129 Å². The molecule has 0 N–H and O–H groups in total. The first kappa shape index (κ1) is 138. The molecule has 0 saturated carbocycles. The molecule has 716 valence electrons. The molecule has 0 fully saturated rings. The van der Waals surface area contributed by atoms with Gasteiger partial charge in [-0.3, -0.25) is 0 Å². The van der Waals surface area contributed by atoms with Crippen molar-refractivity contribution >= 4 is 111 Å². The average molecular weight is 1790 g/mol. The smallest absolute Gasteiger partial charge is 0.192 e. The number of para-hydroxylation sites is 5. The standard InChI is InChI=1S/C16H11N3.C12H9N3.C12H8N2.C10H8N2O2.C8H8N2O.C8H8N2S.C3H3N3.18C2H6.3CH4/c1-2-6-13-11-14(10-9-12(13)5-1)19-17-15-7-3-4-8-16(15)18-19;1-2-6-10(7-3-1)15-13-11-8-4-5-9-12(11)14-15;1-2-6-10-9(5-1)13-11-7-3-4-8-12(11)14-10;1-5-11-7-3-10-8(4-9(7)13-5)12-6(2)14-10;2*1-5-3-4-6(2)8-7(5)9-11-10-8;1-4-2-6-3-5-1;18*1-2;;;/h1-11H;1-9H;1-8H;3-4H,1-2H3;2*3-4H,1-2H3;1-3H;18*1-2H3;3*1H4. The molecule has 8 heterocycles. The zero-order valence-electron chi connectivity index (χ0n) is 85.6. The third kappa shape index (κ3) is 48.7. The largest absolute Gasteiger partial charge is 0.441 e. The van der Waals surface area contributed by atoms with Crippen molar-refractivity contribution in [1.29, 1.82) is 0 Å². The van der Waals surface area contributed by atoms with Crippen LogP contribution >= 0.6 is 11.7 Å². The van der Waals surface area contributed by atoms with Gasteiger partial charge >= 0.3 is 0 Å². The van der Waals surface area contributed by atoms with Gasteiger partial charge in [-0.2, -0.15) is 18.3 Å². The summed E-state index contributed by atoms with van der Waals surface area (Å²) in [5.74, 6) is 1.31. The summed E-state index contributed by atoms with van der Waals surface area (Å²) in [5.41, 5.74) is 21.0. The van der Waals surface area contributed by atoms with Crippen LogP contribution in [0.2, 0.25) is 0 Å². The molecule has 0 spiro atoms. The molecule has 0 aliphatic rings. The maximum atomic E-state index is 5.39. The van der Waals surface area contributed by atoms with Gasteiger partial charge in [0.2, 0.25) is 0 Å². The molecule has 0 aliphatic carbocycles. The maximum absolute atomic E-state index is 5.39. The normalized spacial score (nSPS) is 8.36. The molecule has 20 nitrogen and oxygen atoms in total. The number of hydrogen-bond donors (Lipinski definition) is 0. The fourth-order valence-corrected chi connectivity index (χ4v) is 10.1. The Morgan fingerprint density at radius 3 is 0.783 bits per heavy atom. The minimum atomic E-state index is 0. The van der Waals surface area contributed by atoms with Crippen molar-refractivity contribution in [3.63, 3.8) is 0 Å². The van der Waals surface area contributed by atoms with Crippen LogP contribution in [-0.2, 0) is 0 Å². The summed E-state index contributed by atoms with van der Waals surface area (Å²) in [7, 11) is 0. The van der Waals surface area contributed by atoms with E-state index >= 15 is 0 Å². The number of hydrogen-bond acceptors (Lipinski definition) is 19. The Morgan fingerprint density at radius 1 is 0.233 bits per heavy atom. The Bertz CT molecular complexity index is 4960. The van der Waals surface area contributed by atoms with Gasteiger partial charge in [-0.05, 0) is 144 Å². The van der Waals surface area contributed by atoms with Crippen LogP contribution in [0.15, 0.2) is 239 Å². The van der Waals surface area contributed by atoms with E-state index in [-0.39, 0.29) is 22.3 Å². The lowest BCUT2D eigenvalue weighted by atomic mass is 10.1. The van der Waals surface area contributed by atoms with Gasteiger partial charge < -0.3 is 8.83 Å². The van der Waals surface area contributed by atoms with Gasteiger partial charge in [0.05, 0.1) is 45.2 Å². The van der Waals surface area contributed by atoms with E-state index in [1.54, 1.807) is 9.59 Å². The number of rotatable bonds is 2. The minimum Gasteiger partial charge on any atom is -0.441 e. The van der Waals surface area contributed by atoms with Gasteiger partial charge in [-0.15, -0.1) is 20.4 Å². The third-order valence-corrected chi connectivity index (χ3v) is 14.4. The van der Waals surface area contributed by atoms with Crippen LogP contribution in [0, 0.1) is 41.5 Å². The second kappa shape index (κ2) is 93.7. The van der Waals surface area contributed by atoms with Gasteiger partial charge in [0.25, 0.3) is 0 Å². The van der Waals surface area contributed by atoms with Crippen molar-refractivity contribution < 1.29 is 13.5 Å². The fraction of sp³-hybridized carbons (Fsp3) is 0.417. The number of aryl methyl sites for hydroxylation is 6. The molecule has 8 aromatic heterocycles. The Morgan fingerprint density at radius 2 is 0.488 bits per heavy atom. The first-order chi connectivity index (χ1) is 62.1. The molecule has 0 radical (unpaired) electrons. The minimum absolute atomic E-state index is 0. The number of nitrogens with zero attached hydrogens (tertiary/aromatic N) is 17. The van der Waals surface area contributed by atoms with E-state index in [1.807, 2.05) is 447 Å². The molecule has 0 saturated heterocycles. The molecule has 0 amide bonds. The second-order valence-corrected chi connectivity index (χ2v) is 20.9. The molecule has 18 rings (SSSR count). The van der Waals surface area contributed by atoms with Gasteiger partial charge in [-0.25, -0.2) is 39.5 Å². The Kier molecular flexibility index (Phi) is 99.9. The lowest BCUT2D eigenvalue weighted by molar-refractivity contribution is 0.315. The molecule has 21 heteroatoms. The molecule has 0 unspecified atom stereocenters. The predicted molar refractivity (Wildman–Crippen MR) is 576 cm³/mol. The average Bonchev–Trinajstić information content (AvgIpc) is 1.51. The second-order valence-electron chi connectivity index (χ2n) is 20.4. The van der Waals surface area contributed by atoms with Gasteiger partial charge in [0, 0.05) is 26.0 Å². The number of oxazole rings is 2. The summed E-state index contributed by atoms with van der Waals surface area (Å²) in [6.07, 6.45) is 4.31. The fourth-order valence-electron chi connectivity index (χ4n) is 9.39. The maximum Gasteiger partial charge on any atom is 0.192 e. The first-order valence-electron chi connectivity index (χ1n) is 46.4. The molecule has 0 bridgehead atoms. The van der Waals surface area contributed by atoms with Crippen LogP contribution in [0.5, 0.6) is 0 Å². The monoisotopic (exact) mass is 1790 g/mol. The SMILES string of the molecule is C.C.C.CC.CC.CC.CC.CC.CC.CC.CC.CC.CC.CC.CC.CC.CC.CC.CC.CC.CC.Cc1ccc(C)c2nonc12.Cc1ccc(C)c2nsnc12.Cc1nc2cc3oc(C)nc3cc2o1.c1ccc(-n2nc3ccccc3n2)cc1.c1ccc2cc(-n3nc4ccccc4n3)ccc2c1.c1ccc2nc3ccccc3nc2c1.c1ncncn1. The lowest BCUT2D eigenvalue weighted by Gasteiger charge is -2.01. The molecular weight excluding hydrogens is 1620 g/mol. The van der Waals surface area contributed by atoms with Crippen LogP contribution in [-0.4, -0.2) is 83.9 Å². The number of fused-ring (bicyclic) bond motifs is 9. The lowest BCUT2D eigenvalue weighted by Crippen LogP contribution is -1.97. The number of benzene rings is 10. The van der Waals surface area contributed by atoms with E-state index in [1.165, 1.54) is 52.6 Å². The highest BCUT2D eigenvalue weighted by Gasteiger charge is 2.10. The summed E-state index contributed by atoms with van der Waals surface area (Å²) >= 11 is 1.28. The van der Waals surface area contributed by atoms with Gasteiger partial charge in [-0.1, -0.05) is 393 Å². The molecule has 129 heavy (non-hydrogen) atoms. The third-order valence-electron chi connectivity index (χ3n) is 13.9. The molecule has 0 aliphatic heterocycles. The van der Waals surface area contributed by atoms with E-state index < -0.39 is 0 Å². The highest BCUT2D eigenvalue weighted by molar-refractivity contribution is 7.00. The zero-order chi connectivity index (χ0) is 97.8. The quantitative estimate of drug-likeness (QED) is 0.146. The van der Waals surface area contributed by atoms with Crippen LogP contribution in [0.3, 0.4) is 0 Å². The van der Waals surface area contributed by atoms with E-state index in [4.69, 9.17) is 8.83 Å². The highest BCUT2D eigenvalue weighted by Crippen LogP contribution is 2.25. The van der Waals surface area contributed by atoms with Crippen molar-refractivity contribution in [2.45, 2.75) is 313 Å². The van der Waals surface area contributed by atoms with Crippen molar-refractivity contribution in [1.82, 2.24) is 83.9 Å².